The van der Waals surface area contributed by atoms with Crippen LogP contribution < -0.4 is 0 Å². The summed E-state index contributed by atoms with van der Waals surface area (Å²) in [6, 6.07) is 0. The maximum absolute atomic E-state index is 9.56. The third-order valence-corrected chi connectivity index (χ3v) is 2.58. The molecule has 1 fully saturated rings. The molecule has 0 amide bonds. The van der Waals surface area contributed by atoms with Gasteiger partial charge < -0.3 is 40.1 Å². The summed E-state index contributed by atoms with van der Waals surface area (Å²) >= 11 is 0. The lowest BCUT2D eigenvalue weighted by molar-refractivity contribution is -0.315. The summed E-state index contributed by atoms with van der Waals surface area (Å²) in [6.07, 6.45) is -7.92. The van der Waals surface area contributed by atoms with Crippen molar-refractivity contribution in [3.8, 4) is 0 Å². The second kappa shape index (κ2) is 6.57. The molecule has 17 heavy (non-hydrogen) atoms. The summed E-state index contributed by atoms with van der Waals surface area (Å²) in [5.41, 5.74) is 0. The Morgan fingerprint density at radius 1 is 0.941 bits per heavy atom. The summed E-state index contributed by atoms with van der Waals surface area (Å²) in [7, 11) is 0. The van der Waals surface area contributed by atoms with E-state index in [2.05, 4.69) is 0 Å². The van der Waals surface area contributed by atoms with Gasteiger partial charge in [-0.2, -0.15) is 0 Å². The number of aliphatic hydroxyl groups excluding tert-OH is 6. The molecule has 6 N–H and O–H groups in total. The van der Waals surface area contributed by atoms with Crippen molar-refractivity contribution in [3.63, 3.8) is 0 Å². The van der Waals surface area contributed by atoms with Crippen LogP contribution in [0.3, 0.4) is 0 Å². The summed E-state index contributed by atoms with van der Waals surface area (Å²) < 4.78 is 10.0. The number of hydrogen-bond donors (Lipinski definition) is 6. The molecule has 8 nitrogen and oxygen atoms in total. The standard InChI is InChI=1S/C9H18O8/c10-1-4(2-11)16-9-8(15)7(14)6(13)5(3-12)17-9/h4-15H,1-3H2/t5-,6-,7-,8-,9-/m0/s1. The highest BCUT2D eigenvalue weighted by Crippen LogP contribution is 2.22. The molecule has 0 unspecified atom stereocenters. The average molecular weight is 254 g/mol. The number of rotatable bonds is 5. The Hall–Kier alpha value is -0.320. The van der Waals surface area contributed by atoms with E-state index < -0.39 is 56.6 Å². The van der Waals surface area contributed by atoms with Crippen LogP contribution in [0.25, 0.3) is 0 Å². The van der Waals surface area contributed by atoms with Gasteiger partial charge in [0, 0.05) is 0 Å². The summed E-state index contributed by atoms with van der Waals surface area (Å²) in [5.74, 6) is 0. The van der Waals surface area contributed by atoms with Gasteiger partial charge in [-0.1, -0.05) is 0 Å². The van der Waals surface area contributed by atoms with E-state index in [1.165, 1.54) is 0 Å². The van der Waals surface area contributed by atoms with Crippen LogP contribution in [0.1, 0.15) is 0 Å². The first kappa shape index (κ1) is 14.7. The topological polar surface area (TPSA) is 140 Å². The SMILES string of the molecule is OCC(CO)O[C@H]1O[C@@H](CO)[C@H](O)[C@H](O)[C@@H]1O. The first-order valence-corrected chi connectivity index (χ1v) is 5.22. The summed E-state index contributed by atoms with van der Waals surface area (Å²) in [6.45, 7) is -1.55. The van der Waals surface area contributed by atoms with Gasteiger partial charge in [0.05, 0.1) is 19.8 Å². The van der Waals surface area contributed by atoms with Gasteiger partial charge in [-0.3, -0.25) is 0 Å². The third kappa shape index (κ3) is 3.33. The molecule has 1 aliphatic rings. The lowest BCUT2D eigenvalue weighted by atomic mass is 9.99. The molecule has 0 saturated carbocycles. The van der Waals surface area contributed by atoms with Crippen LogP contribution in [0.15, 0.2) is 0 Å². The van der Waals surface area contributed by atoms with E-state index >= 15 is 0 Å². The van der Waals surface area contributed by atoms with Crippen molar-refractivity contribution in [2.45, 2.75) is 36.8 Å². The third-order valence-electron chi connectivity index (χ3n) is 2.58. The molecular weight excluding hydrogens is 236 g/mol. The van der Waals surface area contributed by atoms with Crippen LogP contribution in [0, 0.1) is 0 Å². The lowest BCUT2D eigenvalue weighted by Crippen LogP contribution is -2.60. The molecule has 0 aliphatic carbocycles. The molecule has 1 aliphatic heterocycles. The predicted molar refractivity (Wildman–Crippen MR) is 52.8 cm³/mol. The predicted octanol–water partition coefficient (Wildman–Crippen LogP) is -3.84. The average Bonchev–Trinajstić information content (AvgIpc) is 2.35. The van der Waals surface area contributed by atoms with Crippen molar-refractivity contribution in [2.75, 3.05) is 19.8 Å². The summed E-state index contributed by atoms with van der Waals surface area (Å²) in [4.78, 5) is 0. The highest BCUT2D eigenvalue weighted by Gasteiger charge is 2.44. The van der Waals surface area contributed by atoms with Gasteiger partial charge in [0.2, 0.25) is 0 Å². The van der Waals surface area contributed by atoms with Crippen molar-refractivity contribution in [1.82, 2.24) is 0 Å². The molecule has 102 valence electrons. The van der Waals surface area contributed by atoms with E-state index in [9.17, 15) is 15.3 Å². The van der Waals surface area contributed by atoms with Crippen LogP contribution >= 0.6 is 0 Å². The van der Waals surface area contributed by atoms with Gasteiger partial charge in [-0.05, 0) is 0 Å². The Bertz CT molecular complexity index is 217. The van der Waals surface area contributed by atoms with Gasteiger partial charge in [-0.15, -0.1) is 0 Å². The summed E-state index contributed by atoms with van der Waals surface area (Å²) in [5, 5.41) is 55.0. The molecule has 0 bridgehead atoms. The Kier molecular flexibility index (Phi) is 5.70. The van der Waals surface area contributed by atoms with Gasteiger partial charge in [0.15, 0.2) is 6.29 Å². The molecular formula is C9H18O8. The second-order valence-electron chi connectivity index (χ2n) is 3.82. The Balaban J connectivity index is 2.65. The lowest BCUT2D eigenvalue weighted by Gasteiger charge is -2.40. The van der Waals surface area contributed by atoms with Gasteiger partial charge in [-0.25, -0.2) is 0 Å². The van der Waals surface area contributed by atoms with Crippen LogP contribution in [0.2, 0.25) is 0 Å². The first-order valence-electron chi connectivity index (χ1n) is 5.22. The largest absolute Gasteiger partial charge is 0.394 e. The minimum absolute atomic E-state index is 0.495. The Morgan fingerprint density at radius 2 is 1.53 bits per heavy atom. The maximum atomic E-state index is 9.56. The molecule has 5 atom stereocenters. The van der Waals surface area contributed by atoms with Crippen LogP contribution in [0.5, 0.6) is 0 Å². The molecule has 1 rings (SSSR count). The van der Waals surface area contributed by atoms with Crippen molar-refractivity contribution in [2.24, 2.45) is 0 Å². The van der Waals surface area contributed by atoms with Crippen molar-refractivity contribution < 1.29 is 40.1 Å². The molecule has 0 aromatic carbocycles. The van der Waals surface area contributed by atoms with E-state index in [-0.39, 0.29) is 0 Å². The molecule has 1 saturated heterocycles. The zero-order valence-electron chi connectivity index (χ0n) is 9.09. The highest BCUT2D eigenvalue weighted by molar-refractivity contribution is 4.89. The number of hydrogen-bond acceptors (Lipinski definition) is 8. The van der Waals surface area contributed by atoms with Crippen LogP contribution in [-0.4, -0.2) is 87.3 Å². The fourth-order valence-electron chi connectivity index (χ4n) is 1.51. The van der Waals surface area contributed by atoms with E-state index in [0.29, 0.717) is 0 Å². The maximum Gasteiger partial charge on any atom is 0.187 e. The fraction of sp³-hybridized carbons (Fsp3) is 1.00. The zero-order chi connectivity index (χ0) is 13.0. The van der Waals surface area contributed by atoms with E-state index in [4.69, 9.17) is 24.8 Å². The molecule has 0 aromatic rings. The van der Waals surface area contributed by atoms with E-state index in [1.54, 1.807) is 0 Å². The molecule has 8 heteroatoms. The number of aliphatic hydroxyl groups is 6. The Morgan fingerprint density at radius 3 is 2.00 bits per heavy atom. The van der Waals surface area contributed by atoms with E-state index in [1.807, 2.05) is 0 Å². The first-order chi connectivity index (χ1) is 8.04. The van der Waals surface area contributed by atoms with Gasteiger partial charge in [0.1, 0.15) is 30.5 Å². The van der Waals surface area contributed by atoms with Gasteiger partial charge in [0.25, 0.3) is 0 Å². The fourth-order valence-corrected chi connectivity index (χ4v) is 1.51. The molecule has 1 heterocycles. The zero-order valence-corrected chi connectivity index (χ0v) is 9.09. The van der Waals surface area contributed by atoms with Crippen molar-refractivity contribution in [3.05, 3.63) is 0 Å². The van der Waals surface area contributed by atoms with Crippen LogP contribution in [0.4, 0.5) is 0 Å². The van der Waals surface area contributed by atoms with Crippen molar-refractivity contribution >= 4 is 0 Å². The molecule has 0 radical (unpaired) electrons. The minimum atomic E-state index is -1.54. The molecule has 0 aromatic heterocycles. The molecule has 0 spiro atoms. The van der Waals surface area contributed by atoms with Crippen molar-refractivity contribution in [1.29, 1.82) is 0 Å². The smallest absolute Gasteiger partial charge is 0.187 e. The van der Waals surface area contributed by atoms with Gasteiger partial charge >= 0.3 is 0 Å². The quantitative estimate of drug-likeness (QED) is 0.293. The minimum Gasteiger partial charge on any atom is -0.394 e. The normalized spacial score (nSPS) is 38.6. The Labute approximate surface area is 97.6 Å². The monoisotopic (exact) mass is 254 g/mol. The highest BCUT2D eigenvalue weighted by atomic mass is 16.7. The second-order valence-corrected chi connectivity index (χ2v) is 3.82. The number of ether oxygens (including phenoxy) is 2. The van der Waals surface area contributed by atoms with E-state index in [0.717, 1.165) is 0 Å². The van der Waals surface area contributed by atoms with Crippen LogP contribution in [-0.2, 0) is 9.47 Å².